The number of aryl methyl sites for hydroxylation is 1. The van der Waals surface area contributed by atoms with Gasteiger partial charge in [0, 0.05) is 6.54 Å². The quantitative estimate of drug-likeness (QED) is 0.285. The number of nitrogens with zero attached hydrogens (tertiary/aromatic N) is 2. The van der Waals surface area contributed by atoms with Gasteiger partial charge in [-0.2, -0.15) is 0 Å². The van der Waals surface area contributed by atoms with Crippen molar-refractivity contribution in [2.45, 2.75) is 25.4 Å². The van der Waals surface area contributed by atoms with Crippen molar-refractivity contribution in [2.24, 2.45) is 0 Å². The molecule has 0 bridgehead atoms. The number of rotatable bonds is 9. The fraction of sp³-hybridized carbons (Fsp3) is 0.222. The van der Waals surface area contributed by atoms with Crippen LogP contribution >= 0.6 is 11.8 Å². The Morgan fingerprint density at radius 1 is 1.03 bits per heavy atom. The van der Waals surface area contributed by atoms with Crippen LogP contribution in [0.25, 0.3) is 16.6 Å². The number of hydrogen-bond acceptors (Lipinski definition) is 5. The highest BCUT2D eigenvalue weighted by molar-refractivity contribution is 7.99. The molecule has 0 saturated heterocycles. The van der Waals surface area contributed by atoms with Crippen molar-refractivity contribution < 1.29 is 9.53 Å². The van der Waals surface area contributed by atoms with Crippen LogP contribution in [-0.2, 0) is 11.2 Å². The number of ether oxygens (including phenoxy) is 1. The first-order chi connectivity index (χ1) is 16.6. The summed E-state index contributed by atoms with van der Waals surface area (Å²) in [6, 6.07) is 22.7. The normalized spacial score (nSPS) is 10.9. The van der Waals surface area contributed by atoms with Crippen LogP contribution in [0.5, 0.6) is 5.75 Å². The molecule has 0 fully saturated rings. The summed E-state index contributed by atoms with van der Waals surface area (Å²) in [5.74, 6) is 0.796. The van der Waals surface area contributed by atoms with Gasteiger partial charge in [-0.05, 0) is 67.8 Å². The molecule has 7 heteroatoms. The van der Waals surface area contributed by atoms with Gasteiger partial charge in [-0.1, -0.05) is 48.2 Å². The van der Waals surface area contributed by atoms with Crippen molar-refractivity contribution in [3.63, 3.8) is 0 Å². The number of aromatic nitrogens is 2. The lowest BCUT2D eigenvalue weighted by Gasteiger charge is -2.14. The molecule has 0 aliphatic rings. The largest absolute Gasteiger partial charge is 0.494 e. The first kappa shape index (κ1) is 23.6. The molecule has 1 heterocycles. The molecule has 1 N–H and O–H groups in total. The smallest absolute Gasteiger partial charge is 0.266 e. The summed E-state index contributed by atoms with van der Waals surface area (Å²) in [5, 5.41) is 3.97. The maximum Gasteiger partial charge on any atom is 0.266 e. The van der Waals surface area contributed by atoms with E-state index in [0.29, 0.717) is 34.9 Å². The highest BCUT2D eigenvalue weighted by Crippen LogP contribution is 2.23. The third-order valence-electron chi connectivity index (χ3n) is 5.46. The number of para-hydroxylation sites is 1. The van der Waals surface area contributed by atoms with Gasteiger partial charge in [-0.25, -0.2) is 4.98 Å². The molecule has 0 saturated carbocycles. The van der Waals surface area contributed by atoms with Gasteiger partial charge < -0.3 is 10.1 Å². The molecule has 0 spiro atoms. The van der Waals surface area contributed by atoms with Gasteiger partial charge in [0.05, 0.1) is 29.0 Å². The summed E-state index contributed by atoms with van der Waals surface area (Å²) < 4.78 is 7.08. The average Bonchev–Trinajstić information content (AvgIpc) is 2.85. The van der Waals surface area contributed by atoms with E-state index in [0.717, 1.165) is 12.2 Å². The minimum atomic E-state index is -0.169. The van der Waals surface area contributed by atoms with E-state index in [1.165, 1.54) is 22.9 Å². The fourth-order valence-electron chi connectivity index (χ4n) is 3.70. The van der Waals surface area contributed by atoms with Gasteiger partial charge >= 0.3 is 0 Å². The lowest BCUT2D eigenvalue weighted by Crippen LogP contribution is -2.28. The SMILES string of the molecule is CCOc1ccc(-n2c(SCC(=O)NCCc3ccccc3C)nc3ccccc3c2=O)cc1. The molecule has 0 aliphatic heterocycles. The fourth-order valence-corrected chi connectivity index (χ4v) is 4.55. The Balaban J connectivity index is 1.52. The van der Waals surface area contributed by atoms with E-state index in [2.05, 4.69) is 24.4 Å². The minimum Gasteiger partial charge on any atom is -0.494 e. The van der Waals surface area contributed by atoms with Crippen molar-refractivity contribution in [2.75, 3.05) is 18.9 Å². The van der Waals surface area contributed by atoms with Crippen LogP contribution in [0.1, 0.15) is 18.1 Å². The number of thioether (sulfide) groups is 1. The predicted octanol–water partition coefficient (Wildman–Crippen LogP) is 4.54. The average molecular weight is 474 g/mol. The second kappa shape index (κ2) is 11.0. The summed E-state index contributed by atoms with van der Waals surface area (Å²) in [6.07, 6.45) is 0.772. The zero-order valence-corrected chi connectivity index (χ0v) is 20.1. The maximum atomic E-state index is 13.3. The topological polar surface area (TPSA) is 73.2 Å². The van der Waals surface area contributed by atoms with E-state index in [9.17, 15) is 9.59 Å². The number of benzene rings is 3. The Labute approximate surface area is 203 Å². The number of hydrogen-bond donors (Lipinski definition) is 1. The lowest BCUT2D eigenvalue weighted by atomic mass is 10.1. The summed E-state index contributed by atoms with van der Waals surface area (Å²) in [4.78, 5) is 30.6. The molecule has 1 aromatic heterocycles. The monoisotopic (exact) mass is 473 g/mol. The predicted molar refractivity (Wildman–Crippen MR) is 137 cm³/mol. The molecule has 34 heavy (non-hydrogen) atoms. The van der Waals surface area contributed by atoms with E-state index in [1.54, 1.807) is 10.6 Å². The molecule has 4 aromatic rings. The van der Waals surface area contributed by atoms with E-state index < -0.39 is 0 Å². The first-order valence-electron chi connectivity index (χ1n) is 11.3. The molecule has 0 radical (unpaired) electrons. The summed E-state index contributed by atoms with van der Waals surface area (Å²) >= 11 is 1.25. The zero-order valence-electron chi connectivity index (χ0n) is 19.3. The Morgan fingerprint density at radius 3 is 2.53 bits per heavy atom. The molecular formula is C27H27N3O3S. The van der Waals surface area contributed by atoms with Gasteiger partial charge in [0.2, 0.25) is 5.91 Å². The van der Waals surface area contributed by atoms with E-state index >= 15 is 0 Å². The zero-order chi connectivity index (χ0) is 23.9. The minimum absolute atomic E-state index is 0.0979. The van der Waals surface area contributed by atoms with Crippen molar-refractivity contribution >= 4 is 28.6 Å². The molecular weight excluding hydrogens is 446 g/mol. The van der Waals surface area contributed by atoms with Crippen molar-refractivity contribution in [1.82, 2.24) is 14.9 Å². The van der Waals surface area contributed by atoms with Crippen LogP contribution in [-0.4, -0.2) is 34.4 Å². The van der Waals surface area contributed by atoms with Gasteiger partial charge in [0.25, 0.3) is 5.56 Å². The number of amides is 1. The number of carbonyl (C=O) groups excluding carboxylic acids is 1. The van der Waals surface area contributed by atoms with Crippen molar-refractivity contribution in [1.29, 1.82) is 0 Å². The van der Waals surface area contributed by atoms with Crippen molar-refractivity contribution in [3.8, 4) is 11.4 Å². The highest BCUT2D eigenvalue weighted by Gasteiger charge is 2.15. The third-order valence-corrected chi connectivity index (χ3v) is 6.40. The second-order valence-corrected chi connectivity index (χ2v) is 8.74. The number of carbonyl (C=O) groups is 1. The van der Waals surface area contributed by atoms with Gasteiger partial charge in [-0.3, -0.25) is 14.2 Å². The van der Waals surface area contributed by atoms with E-state index in [1.807, 2.05) is 61.5 Å². The van der Waals surface area contributed by atoms with Gasteiger partial charge in [0.15, 0.2) is 5.16 Å². The van der Waals surface area contributed by atoms with Crippen LogP contribution < -0.4 is 15.6 Å². The highest BCUT2D eigenvalue weighted by atomic mass is 32.2. The van der Waals surface area contributed by atoms with Gasteiger partial charge in [-0.15, -0.1) is 0 Å². The molecule has 6 nitrogen and oxygen atoms in total. The second-order valence-electron chi connectivity index (χ2n) is 7.79. The lowest BCUT2D eigenvalue weighted by molar-refractivity contribution is -0.118. The maximum absolute atomic E-state index is 13.3. The van der Waals surface area contributed by atoms with E-state index in [-0.39, 0.29) is 17.2 Å². The van der Waals surface area contributed by atoms with Crippen LogP contribution in [0, 0.1) is 6.92 Å². The molecule has 0 aliphatic carbocycles. The molecule has 0 atom stereocenters. The van der Waals surface area contributed by atoms with E-state index in [4.69, 9.17) is 9.72 Å². The van der Waals surface area contributed by atoms with Crippen molar-refractivity contribution in [3.05, 3.63) is 94.3 Å². The standard InChI is InChI=1S/C27H27N3O3S/c1-3-33-22-14-12-21(13-15-22)30-26(32)23-10-6-7-11-24(23)29-27(30)34-18-25(31)28-17-16-20-9-5-4-8-19(20)2/h4-15H,3,16-18H2,1-2H3,(H,28,31). The van der Waals surface area contributed by atoms with Gasteiger partial charge in [0.1, 0.15) is 5.75 Å². The molecule has 174 valence electrons. The Hall–Kier alpha value is -3.58. The van der Waals surface area contributed by atoms with Crippen LogP contribution in [0.3, 0.4) is 0 Å². The number of nitrogens with one attached hydrogen (secondary N) is 1. The van der Waals surface area contributed by atoms with Crippen LogP contribution in [0.15, 0.2) is 82.7 Å². The Morgan fingerprint density at radius 2 is 1.76 bits per heavy atom. The first-order valence-corrected chi connectivity index (χ1v) is 12.2. The Bertz CT molecular complexity index is 1350. The molecule has 1 amide bonds. The molecule has 0 unspecified atom stereocenters. The number of fused-ring (bicyclic) bond motifs is 1. The summed E-state index contributed by atoms with van der Waals surface area (Å²) in [7, 11) is 0. The van der Waals surface area contributed by atoms with Crippen LogP contribution in [0.4, 0.5) is 0 Å². The molecule has 4 rings (SSSR count). The summed E-state index contributed by atoms with van der Waals surface area (Å²) in [5.41, 5.74) is 3.55. The van der Waals surface area contributed by atoms with Crippen LogP contribution in [0.2, 0.25) is 0 Å². The summed E-state index contributed by atoms with van der Waals surface area (Å²) in [6.45, 7) is 5.11. The Kier molecular flexibility index (Phi) is 7.65. The third kappa shape index (κ3) is 5.48. The molecule has 3 aromatic carbocycles.